The van der Waals surface area contributed by atoms with E-state index in [1.165, 1.54) is 0 Å². The lowest BCUT2D eigenvalue weighted by molar-refractivity contribution is -0.140. The molecule has 1 aromatic heterocycles. The first-order valence-electron chi connectivity index (χ1n) is 5.33. The first-order chi connectivity index (χ1) is 9.79. The van der Waals surface area contributed by atoms with Crippen LogP contribution in [0.3, 0.4) is 0 Å². The van der Waals surface area contributed by atoms with Crippen molar-refractivity contribution in [3.05, 3.63) is 29.6 Å². The van der Waals surface area contributed by atoms with E-state index >= 15 is 0 Å². The van der Waals surface area contributed by atoms with Gasteiger partial charge >= 0.3 is 12.1 Å². The monoisotopic (exact) mass is 322 g/mol. The van der Waals surface area contributed by atoms with E-state index in [1.54, 1.807) is 0 Å². The molecular formula is C11H6F4N2O3S. The quantitative estimate of drug-likeness (QED) is 0.688. The predicted octanol–water partition coefficient (Wildman–Crippen LogP) is 3.07. The highest BCUT2D eigenvalue weighted by atomic mass is 32.2. The summed E-state index contributed by atoms with van der Waals surface area (Å²) in [4.78, 5) is 10.4. The van der Waals surface area contributed by atoms with Gasteiger partial charge in [-0.25, -0.2) is 4.39 Å². The number of alkyl halides is 3. The molecule has 0 saturated heterocycles. The van der Waals surface area contributed by atoms with Crippen molar-refractivity contribution in [2.24, 2.45) is 0 Å². The lowest BCUT2D eigenvalue weighted by Gasteiger charge is -2.08. The molecule has 1 aromatic carbocycles. The molecule has 2 rings (SSSR count). The molecule has 112 valence electrons. The van der Waals surface area contributed by atoms with E-state index in [0.717, 1.165) is 12.1 Å². The minimum Gasteiger partial charge on any atom is -0.481 e. The van der Waals surface area contributed by atoms with Gasteiger partial charge in [0, 0.05) is 0 Å². The second-order valence-electron chi connectivity index (χ2n) is 3.72. The molecular weight excluding hydrogens is 316 g/mol. The Balaban J connectivity index is 2.33. The van der Waals surface area contributed by atoms with Crippen LogP contribution >= 0.6 is 11.8 Å². The van der Waals surface area contributed by atoms with Gasteiger partial charge in [0.15, 0.2) is 0 Å². The van der Waals surface area contributed by atoms with Gasteiger partial charge in [-0.05, 0) is 12.1 Å². The maximum absolute atomic E-state index is 13.8. The van der Waals surface area contributed by atoms with Crippen molar-refractivity contribution in [3.8, 4) is 11.5 Å². The van der Waals surface area contributed by atoms with Crippen molar-refractivity contribution < 1.29 is 31.9 Å². The Hall–Kier alpha value is -2.10. The SMILES string of the molecule is O=C(O)CSc1nnc(-c2cccc(C(F)(F)F)c2F)o1. The number of rotatable bonds is 4. The summed E-state index contributed by atoms with van der Waals surface area (Å²) in [5, 5.41) is 15.1. The minimum atomic E-state index is -4.85. The van der Waals surface area contributed by atoms with Crippen LogP contribution < -0.4 is 0 Å². The van der Waals surface area contributed by atoms with E-state index in [-0.39, 0.29) is 11.0 Å². The van der Waals surface area contributed by atoms with Gasteiger partial charge in [0.2, 0.25) is 0 Å². The Kier molecular flexibility index (Phi) is 4.16. The third-order valence-corrected chi connectivity index (χ3v) is 3.06. The molecule has 0 aliphatic heterocycles. The fourth-order valence-corrected chi connectivity index (χ4v) is 1.90. The lowest BCUT2D eigenvalue weighted by Crippen LogP contribution is -2.08. The van der Waals surface area contributed by atoms with Crippen LogP contribution in [0.15, 0.2) is 27.8 Å². The Morgan fingerprint density at radius 1 is 1.33 bits per heavy atom. The maximum Gasteiger partial charge on any atom is 0.419 e. The van der Waals surface area contributed by atoms with Crippen LogP contribution in [0.5, 0.6) is 0 Å². The summed E-state index contributed by atoms with van der Waals surface area (Å²) < 4.78 is 56.5. The van der Waals surface area contributed by atoms with Crippen LogP contribution in [0.2, 0.25) is 0 Å². The highest BCUT2D eigenvalue weighted by molar-refractivity contribution is 7.99. The largest absolute Gasteiger partial charge is 0.481 e. The van der Waals surface area contributed by atoms with Crippen LogP contribution in [0, 0.1) is 5.82 Å². The highest BCUT2D eigenvalue weighted by Crippen LogP contribution is 2.35. The molecule has 0 amide bonds. The first-order valence-corrected chi connectivity index (χ1v) is 6.32. The average Bonchev–Trinajstić information content (AvgIpc) is 2.83. The first kappa shape index (κ1) is 15.3. The molecule has 5 nitrogen and oxygen atoms in total. The molecule has 0 aliphatic rings. The molecule has 0 saturated carbocycles. The number of hydrogen-bond donors (Lipinski definition) is 1. The Bertz CT molecular complexity index is 672. The summed E-state index contributed by atoms with van der Waals surface area (Å²) in [6.45, 7) is 0. The van der Waals surface area contributed by atoms with E-state index in [4.69, 9.17) is 9.52 Å². The molecule has 0 aliphatic carbocycles. The van der Waals surface area contributed by atoms with Crippen molar-refractivity contribution in [1.29, 1.82) is 0 Å². The van der Waals surface area contributed by atoms with Crippen LogP contribution in [0.25, 0.3) is 11.5 Å². The predicted molar refractivity (Wildman–Crippen MR) is 63.1 cm³/mol. The third kappa shape index (κ3) is 3.51. The van der Waals surface area contributed by atoms with Gasteiger partial charge in [-0.3, -0.25) is 4.79 Å². The van der Waals surface area contributed by atoms with Gasteiger partial charge in [0.25, 0.3) is 11.1 Å². The van der Waals surface area contributed by atoms with Gasteiger partial charge < -0.3 is 9.52 Å². The molecule has 0 bridgehead atoms. The lowest BCUT2D eigenvalue weighted by atomic mass is 10.1. The Morgan fingerprint density at radius 2 is 2.05 bits per heavy atom. The Labute approximate surface area is 119 Å². The average molecular weight is 322 g/mol. The fraction of sp³-hybridized carbons (Fsp3) is 0.182. The van der Waals surface area contributed by atoms with E-state index in [9.17, 15) is 22.4 Å². The van der Waals surface area contributed by atoms with Crippen LogP contribution in [0.4, 0.5) is 17.6 Å². The highest BCUT2D eigenvalue weighted by Gasteiger charge is 2.35. The molecule has 0 fully saturated rings. The van der Waals surface area contributed by atoms with Crippen molar-refractivity contribution in [1.82, 2.24) is 10.2 Å². The van der Waals surface area contributed by atoms with E-state index in [2.05, 4.69) is 10.2 Å². The van der Waals surface area contributed by atoms with Gasteiger partial charge in [-0.15, -0.1) is 10.2 Å². The maximum atomic E-state index is 13.8. The third-order valence-electron chi connectivity index (χ3n) is 2.26. The fourth-order valence-electron chi connectivity index (χ4n) is 1.42. The Morgan fingerprint density at radius 3 is 2.67 bits per heavy atom. The molecule has 0 radical (unpaired) electrons. The number of halogens is 4. The second-order valence-corrected chi connectivity index (χ2v) is 4.65. The molecule has 0 unspecified atom stereocenters. The zero-order valence-electron chi connectivity index (χ0n) is 10.0. The number of carboxylic acids is 1. The van der Waals surface area contributed by atoms with E-state index in [1.807, 2.05) is 0 Å². The molecule has 1 N–H and O–H groups in total. The van der Waals surface area contributed by atoms with Crippen LogP contribution in [-0.2, 0) is 11.0 Å². The molecule has 2 aromatic rings. The molecule has 1 heterocycles. The van der Waals surface area contributed by atoms with Gasteiger partial charge in [0.05, 0.1) is 11.1 Å². The summed E-state index contributed by atoms with van der Waals surface area (Å²) in [7, 11) is 0. The summed E-state index contributed by atoms with van der Waals surface area (Å²) in [5.74, 6) is -3.48. The summed E-state index contributed by atoms with van der Waals surface area (Å²) in [6, 6.07) is 2.66. The molecule has 10 heteroatoms. The number of hydrogen-bond acceptors (Lipinski definition) is 5. The summed E-state index contributed by atoms with van der Waals surface area (Å²) in [6.07, 6.45) is -4.85. The van der Waals surface area contributed by atoms with Crippen molar-refractivity contribution in [2.75, 3.05) is 5.75 Å². The van der Waals surface area contributed by atoms with Crippen molar-refractivity contribution in [2.45, 2.75) is 11.4 Å². The minimum absolute atomic E-state index is 0.177. The normalized spacial score (nSPS) is 11.6. The van der Waals surface area contributed by atoms with E-state index < -0.39 is 35.0 Å². The van der Waals surface area contributed by atoms with Crippen LogP contribution in [0.1, 0.15) is 5.56 Å². The zero-order valence-corrected chi connectivity index (χ0v) is 10.8. The second kappa shape index (κ2) is 5.72. The zero-order chi connectivity index (χ0) is 15.6. The number of thioether (sulfide) groups is 1. The topological polar surface area (TPSA) is 76.2 Å². The van der Waals surface area contributed by atoms with Gasteiger partial charge in [-0.2, -0.15) is 13.2 Å². The summed E-state index contributed by atoms with van der Waals surface area (Å²) >= 11 is 0.675. The van der Waals surface area contributed by atoms with Crippen LogP contribution in [-0.4, -0.2) is 27.0 Å². The van der Waals surface area contributed by atoms with Crippen molar-refractivity contribution >= 4 is 17.7 Å². The number of benzene rings is 1. The number of aliphatic carboxylic acids is 1. The molecule has 0 atom stereocenters. The molecule has 21 heavy (non-hydrogen) atoms. The standard InChI is InChI=1S/C11H6F4N2O3S/c12-8-5(2-1-3-6(8)11(13,14)15)9-16-17-10(20-9)21-4-7(18)19/h1-3H,4H2,(H,18,19). The van der Waals surface area contributed by atoms with Gasteiger partial charge in [0.1, 0.15) is 11.6 Å². The smallest absolute Gasteiger partial charge is 0.419 e. The van der Waals surface area contributed by atoms with Gasteiger partial charge in [-0.1, -0.05) is 17.8 Å². The molecule has 0 spiro atoms. The number of nitrogens with zero attached hydrogens (tertiary/aromatic N) is 2. The van der Waals surface area contributed by atoms with E-state index in [0.29, 0.717) is 17.8 Å². The summed E-state index contributed by atoms with van der Waals surface area (Å²) in [5.41, 5.74) is -1.95. The number of carboxylic acid groups (broad SMARTS) is 1. The van der Waals surface area contributed by atoms with Crippen molar-refractivity contribution in [3.63, 3.8) is 0 Å². The number of carbonyl (C=O) groups is 1. The number of aromatic nitrogens is 2.